The van der Waals surface area contributed by atoms with Crippen molar-refractivity contribution in [3.05, 3.63) is 0 Å². The maximum atomic E-state index is 10.9. The van der Waals surface area contributed by atoms with E-state index in [1.165, 1.54) is 25.7 Å². The summed E-state index contributed by atoms with van der Waals surface area (Å²) in [6.45, 7) is 2.26. The molecule has 0 radical (unpaired) electrons. The molecule has 4 aliphatic rings. The van der Waals surface area contributed by atoms with Crippen LogP contribution >= 0.6 is 0 Å². The number of hydrogen-bond donors (Lipinski definition) is 2. The number of rotatable bonds is 0. The topological polar surface area (TPSA) is 40.5 Å². The molecule has 0 aromatic carbocycles. The molecule has 4 rings (SSSR count). The third kappa shape index (κ3) is 1.88. The highest BCUT2D eigenvalue weighted by Crippen LogP contribution is 2.65. The molecule has 4 saturated carbocycles. The Morgan fingerprint density at radius 1 is 0.955 bits per heavy atom. The van der Waals surface area contributed by atoms with E-state index in [0.717, 1.165) is 55.8 Å². The van der Waals surface area contributed by atoms with Crippen LogP contribution in [0.4, 0.5) is 0 Å². The van der Waals surface area contributed by atoms with E-state index >= 15 is 0 Å². The van der Waals surface area contributed by atoms with Crippen molar-refractivity contribution in [2.24, 2.45) is 35.0 Å². The zero-order valence-corrected chi connectivity index (χ0v) is 13.8. The number of aliphatic hydroxyl groups excluding tert-OH is 1. The average molecular weight is 302 g/mol. The maximum absolute atomic E-state index is 10.9. The molecule has 2 heteroatoms. The second kappa shape index (κ2) is 4.99. The van der Waals surface area contributed by atoms with E-state index in [9.17, 15) is 10.2 Å². The Morgan fingerprint density at radius 2 is 1.73 bits per heavy atom. The third-order valence-electron chi connectivity index (χ3n) is 8.32. The molecule has 2 nitrogen and oxygen atoms in total. The van der Waals surface area contributed by atoms with Crippen LogP contribution in [0.1, 0.15) is 64.7 Å². The summed E-state index contributed by atoms with van der Waals surface area (Å²) < 4.78 is 0. The number of hydrogen-bond acceptors (Lipinski definition) is 2. The van der Waals surface area contributed by atoms with Crippen LogP contribution in [0.2, 0.25) is 0 Å². The zero-order valence-electron chi connectivity index (χ0n) is 13.8. The summed E-state index contributed by atoms with van der Waals surface area (Å²) in [5.74, 6) is 6.53. The van der Waals surface area contributed by atoms with Crippen molar-refractivity contribution in [2.45, 2.75) is 76.4 Å². The minimum Gasteiger partial charge on any atom is -0.393 e. The molecule has 0 bridgehead atoms. The fraction of sp³-hybridized carbons (Fsp3) is 0.900. The summed E-state index contributed by atoms with van der Waals surface area (Å²) >= 11 is 0. The summed E-state index contributed by atoms with van der Waals surface area (Å²) in [5, 5.41) is 20.9. The summed E-state index contributed by atoms with van der Waals surface area (Å²) in [4.78, 5) is 0. The van der Waals surface area contributed by atoms with Gasteiger partial charge in [-0.15, -0.1) is 6.42 Å². The standard InChI is InChI=1S/C20H30O2/c1-3-20(22)11-9-18-17-6-4-13-12-14(21)5-7-15(13)16(17)8-10-19(18,20)2/h1,13-18,21-22H,4-12H2,2H3/t13-,14+,15?,16?,17?,18?,19-,20-/m0/s1. The molecule has 2 N–H and O–H groups in total. The van der Waals surface area contributed by atoms with Crippen LogP contribution in [0, 0.1) is 47.3 Å². The van der Waals surface area contributed by atoms with E-state index in [2.05, 4.69) is 12.8 Å². The monoisotopic (exact) mass is 302 g/mol. The van der Waals surface area contributed by atoms with Crippen molar-refractivity contribution in [1.82, 2.24) is 0 Å². The highest BCUT2D eigenvalue weighted by Gasteiger charge is 2.62. The smallest absolute Gasteiger partial charge is 0.130 e. The van der Waals surface area contributed by atoms with Gasteiger partial charge in [-0.25, -0.2) is 0 Å². The van der Waals surface area contributed by atoms with Gasteiger partial charge in [0.2, 0.25) is 0 Å². The Bertz CT molecular complexity index is 494. The van der Waals surface area contributed by atoms with Crippen LogP contribution < -0.4 is 0 Å². The van der Waals surface area contributed by atoms with Crippen molar-refractivity contribution < 1.29 is 10.2 Å². The maximum Gasteiger partial charge on any atom is 0.130 e. The minimum absolute atomic E-state index is 0.0512. The molecule has 4 aliphatic carbocycles. The van der Waals surface area contributed by atoms with Crippen molar-refractivity contribution >= 4 is 0 Å². The fourth-order valence-corrected chi connectivity index (χ4v) is 7.08. The van der Waals surface area contributed by atoms with Crippen LogP contribution in [-0.2, 0) is 0 Å². The molecule has 122 valence electrons. The molecule has 22 heavy (non-hydrogen) atoms. The average Bonchev–Trinajstić information content (AvgIpc) is 2.79. The highest BCUT2D eigenvalue weighted by molar-refractivity contribution is 5.23. The third-order valence-corrected chi connectivity index (χ3v) is 8.32. The molecule has 0 amide bonds. The van der Waals surface area contributed by atoms with E-state index in [-0.39, 0.29) is 11.5 Å². The fourth-order valence-electron chi connectivity index (χ4n) is 7.08. The number of aliphatic hydroxyl groups is 2. The van der Waals surface area contributed by atoms with Crippen molar-refractivity contribution in [3.63, 3.8) is 0 Å². The van der Waals surface area contributed by atoms with Crippen molar-refractivity contribution in [2.75, 3.05) is 0 Å². The minimum atomic E-state index is -0.873. The SMILES string of the molecule is C#C[C@]1(O)CCC2C3CC[C@H]4C[C@H](O)CCC4C3CC[C@@]21C. The summed E-state index contributed by atoms with van der Waals surface area (Å²) in [7, 11) is 0. The van der Waals surface area contributed by atoms with Crippen LogP contribution in [0.5, 0.6) is 0 Å². The normalized spacial score (nSPS) is 57.4. The van der Waals surface area contributed by atoms with E-state index in [4.69, 9.17) is 6.42 Å². The summed E-state index contributed by atoms with van der Waals surface area (Å²) in [6.07, 6.45) is 15.7. The Morgan fingerprint density at radius 3 is 2.50 bits per heavy atom. The second-order valence-electron chi connectivity index (χ2n) is 8.90. The van der Waals surface area contributed by atoms with Crippen LogP contribution in [0.15, 0.2) is 0 Å². The first-order valence-corrected chi connectivity index (χ1v) is 9.37. The Balaban J connectivity index is 1.60. The van der Waals surface area contributed by atoms with Gasteiger partial charge in [-0.3, -0.25) is 0 Å². The van der Waals surface area contributed by atoms with Gasteiger partial charge < -0.3 is 10.2 Å². The van der Waals surface area contributed by atoms with Crippen LogP contribution in [-0.4, -0.2) is 21.9 Å². The van der Waals surface area contributed by atoms with Gasteiger partial charge in [0.15, 0.2) is 0 Å². The predicted octanol–water partition coefficient (Wildman–Crippen LogP) is 3.36. The van der Waals surface area contributed by atoms with Gasteiger partial charge in [0.05, 0.1) is 6.10 Å². The largest absolute Gasteiger partial charge is 0.393 e. The lowest BCUT2D eigenvalue weighted by Crippen LogP contribution is -2.53. The van der Waals surface area contributed by atoms with E-state index < -0.39 is 5.60 Å². The summed E-state index contributed by atoms with van der Waals surface area (Å²) in [5.41, 5.74) is -0.938. The van der Waals surface area contributed by atoms with Gasteiger partial charge in [0.1, 0.15) is 5.60 Å². The Labute approximate surface area is 134 Å². The van der Waals surface area contributed by atoms with Crippen LogP contribution in [0.25, 0.3) is 0 Å². The molecule has 0 aliphatic heterocycles. The predicted molar refractivity (Wildman–Crippen MR) is 86.9 cm³/mol. The number of fused-ring (bicyclic) bond motifs is 5. The van der Waals surface area contributed by atoms with E-state index in [0.29, 0.717) is 5.92 Å². The molecule has 0 heterocycles. The van der Waals surface area contributed by atoms with Crippen molar-refractivity contribution in [3.8, 4) is 12.3 Å². The lowest BCUT2D eigenvalue weighted by atomic mass is 9.49. The quantitative estimate of drug-likeness (QED) is 0.674. The van der Waals surface area contributed by atoms with E-state index in [1.54, 1.807) is 0 Å². The van der Waals surface area contributed by atoms with Crippen LogP contribution in [0.3, 0.4) is 0 Å². The molecule has 8 atom stereocenters. The van der Waals surface area contributed by atoms with Gasteiger partial charge in [0.25, 0.3) is 0 Å². The lowest BCUT2D eigenvalue weighted by Gasteiger charge is -2.56. The first-order chi connectivity index (χ1) is 10.5. The molecule has 0 aromatic heterocycles. The van der Waals surface area contributed by atoms with Crippen molar-refractivity contribution in [1.29, 1.82) is 0 Å². The van der Waals surface area contributed by atoms with E-state index in [1.807, 2.05) is 0 Å². The van der Waals surface area contributed by atoms with Gasteiger partial charge in [-0.1, -0.05) is 12.8 Å². The molecular weight excluding hydrogens is 272 g/mol. The van der Waals surface area contributed by atoms with Gasteiger partial charge in [-0.2, -0.15) is 0 Å². The highest BCUT2D eigenvalue weighted by atomic mass is 16.3. The molecule has 4 unspecified atom stereocenters. The Kier molecular flexibility index (Phi) is 3.41. The zero-order chi connectivity index (χ0) is 15.5. The molecule has 0 saturated heterocycles. The molecular formula is C20H30O2. The first-order valence-electron chi connectivity index (χ1n) is 9.37. The first kappa shape index (κ1) is 15.0. The Hall–Kier alpha value is -0.520. The number of terminal acetylenes is 1. The lowest BCUT2D eigenvalue weighted by molar-refractivity contribution is -0.111. The van der Waals surface area contributed by atoms with Gasteiger partial charge >= 0.3 is 0 Å². The molecule has 0 spiro atoms. The van der Waals surface area contributed by atoms with Gasteiger partial charge in [-0.05, 0) is 87.4 Å². The summed E-state index contributed by atoms with van der Waals surface area (Å²) in [6, 6.07) is 0. The van der Waals surface area contributed by atoms with Gasteiger partial charge in [0, 0.05) is 5.41 Å². The molecule has 4 fully saturated rings. The second-order valence-corrected chi connectivity index (χ2v) is 8.90. The molecule has 0 aromatic rings.